The summed E-state index contributed by atoms with van der Waals surface area (Å²) in [7, 11) is 0. The van der Waals surface area contributed by atoms with E-state index in [9.17, 15) is 22.8 Å². The summed E-state index contributed by atoms with van der Waals surface area (Å²) in [4.78, 5) is 23.1. The molecule has 0 aliphatic rings. The molecule has 0 saturated carbocycles. The third kappa shape index (κ3) is 6.62. The lowest BCUT2D eigenvalue weighted by Crippen LogP contribution is -2.33. The van der Waals surface area contributed by atoms with Gasteiger partial charge >= 0.3 is 18.1 Å². The van der Waals surface area contributed by atoms with E-state index in [-0.39, 0.29) is 17.5 Å². The number of aromatic carboxylic acids is 1. The van der Waals surface area contributed by atoms with Crippen molar-refractivity contribution in [3.05, 3.63) is 59.7 Å². The molecule has 0 fully saturated rings. The van der Waals surface area contributed by atoms with Gasteiger partial charge in [-0.15, -0.1) is 0 Å². The molecule has 0 heterocycles. The Balaban J connectivity index is 2.05. The Hall–Kier alpha value is -2.83. The van der Waals surface area contributed by atoms with Gasteiger partial charge in [-0.3, -0.25) is 0 Å². The van der Waals surface area contributed by atoms with Crippen LogP contribution in [0, 0.1) is 0 Å². The maximum atomic E-state index is 13.2. The van der Waals surface area contributed by atoms with Gasteiger partial charge in [0.15, 0.2) is 6.10 Å². The van der Waals surface area contributed by atoms with Crippen LogP contribution in [0.25, 0.3) is 11.1 Å². The first-order valence-corrected chi connectivity index (χ1v) is 9.44. The van der Waals surface area contributed by atoms with Gasteiger partial charge in [-0.1, -0.05) is 50.5 Å². The Morgan fingerprint density at radius 2 is 1.41 bits per heavy atom. The molecule has 1 atom stereocenters. The largest absolute Gasteiger partial charge is 0.478 e. The predicted molar refractivity (Wildman–Crippen MR) is 103 cm³/mol. The van der Waals surface area contributed by atoms with Crippen molar-refractivity contribution >= 4 is 11.9 Å². The number of alkyl halides is 3. The van der Waals surface area contributed by atoms with Crippen LogP contribution in [0.1, 0.15) is 59.7 Å². The lowest BCUT2D eigenvalue weighted by Gasteiger charge is -2.20. The number of carboxylic acids is 1. The Labute approximate surface area is 167 Å². The van der Waals surface area contributed by atoms with E-state index in [1.165, 1.54) is 24.3 Å². The van der Waals surface area contributed by atoms with E-state index in [0.29, 0.717) is 18.4 Å². The lowest BCUT2D eigenvalue weighted by atomic mass is 10.0. The van der Waals surface area contributed by atoms with Gasteiger partial charge in [-0.2, -0.15) is 13.2 Å². The Kier molecular flexibility index (Phi) is 7.82. The van der Waals surface area contributed by atoms with Gasteiger partial charge in [0, 0.05) is 0 Å². The number of carbonyl (C=O) groups excluding carboxylic acids is 1. The van der Waals surface area contributed by atoms with Crippen LogP contribution in [0.3, 0.4) is 0 Å². The van der Waals surface area contributed by atoms with Gasteiger partial charge in [0.05, 0.1) is 11.1 Å². The number of rotatable bonds is 9. The Bertz CT molecular complexity index is 811. The van der Waals surface area contributed by atoms with Gasteiger partial charge in [0.1, 0.15) is 0 Å². The zero-order chi connectivity index (χ0) is 21.4. The van der Waals surface area contributed by atoms with Gasteiger partial charge in [-0.05, 0) is 48.2 Å². The van der Waals surface area contributed by atoms with Crippen molar-refractivity contribution < 1.29 is 32.6 Å². The molecule has 1 N–H and O–H groups in total. The topological polar surface area (TPSA) is 63.6 Å². The van der Waals surface area contributed by atoms with E-state index < -0.39 is 24.2 Å². The van der Waals surface area contributed by atoms with Crippen LogP contribution < -0.4 is 0 Å². The van der Waals surface area contributed by atoms with Crippen molar-refractivity contribution in [3.8, 4) is 11.1 Å². The predicted octanol–water partition coefficient (Wildman–Crippen LogP) is 6.11. The van der Waals surface area contributed by atoms with E-state index in [2.05, 4.69) is 0 Å². The normalized spacial score (nSPS) is 12.4. The SMILES string of the molecule is CCCCCCC(OC(=O)c1ccc(-c2ccc(C(=O)O)cc2)cc1)C(F)(F)F. The minimum absolute atomic E-state index is 0.0266. The van der Waals surface area contributed by atoms with E-state index in [4.69, 9.17) is 9.84 Å². The molecule has 0 aliphatic carbocycles. The first kappa shape index (κ1) is 22.5. The fourth-order valence-electron chi connectivity index (χ4n) is 2.85. The number of unbranched alkanes of at least 4 members (excludes halogenated alkanes) is 3. The van der Waals surface area contributed by atoms with Crippen molar-refractivity contribution in [2.75, 3.05) is 0 Å². The molecule has 2 aromatic carbocycles. The number of benzene rings is 2. The van der Waals surface area contributed by atoms with Crippen LogP contribution in [0.15, 0.2) is 48.5 Å². The number of carboxylic acid groups (broad SMARTS) is 1. The molecule has 0 radical (unpaired) electrons. The smallest absolute Gasteiger partial charge is 0.425 e. The summed E-state index contributed by atoms with van der Waals surface area (Å²) >= 11 is 0. The second-order valence-corrected chi connectivity index (χ2v) is 6.74. The maximum absolute atomic E-state index is 13.2. The second-order valence-electron chi connectivity index (χ2n) is 6.74. The zero-order valence-electron chi connectivity index (χ0n) is 16.0. The molecule has 7 heteroatoms. The van der Waals surface area contributed by atoms with Crippen molar-refractivity contribution in [3.63, 3.8) is 0 Å². The van der Waals surface area contributed by atoms with Crippen molar-refractivity contribution in [1.82, 2.24) is 0 Å². The summed E-state index contributed by atoms with van der Waals surface area (Å²) in [5, 5.41) is 8.92. The highest BCUT2D eigenvalue weighted by molar-refractivity contribution is 5.90. The average molecular weight is 408 g/mol. The third-order valence-electron chi connectivity index (χ3n) is 4.52. The summed E-state index contributed by atoms with van der Waals surface area (Å²) in [5.41, 5.74) is 1.59. The number of esters is 1. The molecule has 1 unspecified atom stereocenters. The maximum Gasteiger partial charge on any atom is 0.425 e. The van der Waals surface area contributed by atoms with Crippen molar-refractivity contribution in [2.45, 2.75) is 51.3 Å². The van der Waals surface area contributed by atoms with Crippen molar-refractivity contribution in [2.24, 2.45) is 0 Å². The van der Waals surface area contributed by atoms with Gasteiger partial charge in [0.25, 0.3) is 0 Å². The molecule has 29 heavy (non-hydrogen) atoms. The molecule has 0 saturated heterocycles. The molecule has 0 aliphatic heterocycles. The molecule has 2 rings (SSSR count). The molecule has 0 spiro atoms. The van der Waals surface area contributed by atoms with E-state index in [1.54, 1.807) is 24.3 Å². The summed E-state index contributed by atoms with van der Waals surface area (Å²) in [6, 6.07) is 12.1. The third-order valence-corrected chi connectivity index (χ3v) is 4.52. The first-order chi connectivity index (χ1) is 13.7. The van der Waals surface area contributed by atoms with Crippen molar-refractivity contribution in [1.29, 1.82) is 0 Å². The number of hydrogen-bond donors (Lipinski definition) is 1. The Morgan fingerprint density at radius 1 is 0.897 bits per heavy atom. The summed E-state index contributed by atoms with van der Waals surface area (Å²) in [5.74, 6) is -2.06. The highest BCUT2D eigenvalue weighted by Gasteiger charge is 2.42. The van der Waals surface area contributed by atoms with Crippen LogP contribution in [0.2, 0.25) is 0 Å². The van der Waals surface area contributed by atoms with Crippen LogP contribution in [-0.2, 0) is 4.74 Å². The number of hydrogen-bond acceptors (Lipinski definition) is 3. The molecule has 0 bridgehead atoms. The number of halogens is 3. The highest BCUT2D eigenvalue weighted by atomic mass is 19.4. The van der Waals surface area contributed by atoms with Crippen LogP contribution >= 0.6 is 0 Å². The Morgan fingerprint density at radius 3 is 1.86 bits per heavy atom. The summed E-state index contributed by atoms with van der Waals surface area (Å²) < 4.78 is 44.2. The fourth-order valence-corrected chi connectivity index (χ4v) is 2.85. The zero-order valence-corrected chi connectivity index (χ0v) is 16.0. The fraction of sp³-hybridized carbons (Fsp3) is 0.364. The quantitative estimate of drug-likeness (QED) is 0.402. The number of carbonyl (C=O) groups is 2. The van der Waals surface area contributed by atoms with E-state index >= 15 is 0 Å². The molecular weight excluding hydrogens is 385 g/mol. The molecule has 0 amide bonds. The van der Waals surface area contributed by atoms with Crippen LogP contribution in [0.4, 0.5) is 13.2 Å². The van der Waals surface area contributed by atoms with Gasteiger partial charge < -0.3 is 9.84 Å². The van der Waals surface area contributed by atoms with Gasteiger partial charge in [0.2, 0.25) is 0 Å². The molecule has 0 aromatic heterocycles. The standard InChI is InChI=1S/C22H23F3O4/c1-2-3-4-5-6-19(22(23,24)25)29-21(28)18-13-9-16(10-14-18)15-7-11-17(12-8-15)20(26)27/h7-14,19H,2-6H2,1H3,(H,26,27). The van der Waals surface area contributed by atoms with Crippen LogP contribution in [0.5, 0.6) is 0 Å². The van der Waals surface area contributed by atoms with Crippen LogP contribution in [-0.4, -0.2) is 29.3 Å². The first-order valence-electron chi connectivity index (χ1n) is 9.44. The average Bonchev–Trinajstić information content (AvgIpc) is 2.69. The highest BCUT2D eigenvalue weighted by Crippen LogP contribution is 2.28. The monoisotopic (exact) mass is 408 g/mol. The number of ether oxygens (including phenoxy) is 1. The molecule has 156 valence electrons. The lowest BCUT2D eigenvalue weighted by molar-refractivity contribution is -0.206. The molecule has 2 aromatic rings. The second kappa shape index (κ2) is 10.1. The van der Waals surface area contributed by atoms with E-state index in [1.807, 2.05) is 6.92 Å². The molecular formula is C22H23F3O4. The minimum atomic E-state index is -4.60. The summed E-state index contributed by atoms with van der Waals surface area (Å²) in [6.45, 7) is 1.96. The summed E-state index contributed by atoms with van der Waals surface area (Å²) in [6.07, 6.45) is -4.21. The van der Waals surface area contributed by atoms with Gasteiger partial charge in [-0.25, -0.2) is 9.59 Å². The minimum Gasteiger partial charge on any atom is -0.478 e. The molecule has 4 nitrogen and oxygen atoms in total. The van der Waals surface area contributed by atoms with E-state index in [0.717, 1.165) is 18.4 Å².